The first-order chi connectivity index (χ1) is 12.7. The Morgan fingerprint density at radius 2 is 2.04 bits per heavy atom. The fourth-order valence-electron chi connectivity index (χ4n) is 3.49. The molecule has 0 spiro atoms. The Morgan fingerprint density at radius 3 is 2.70 bits per heavy atom. The van der Waals surface area contributed by atoms with Crippen molar-refractivity contribution in [1.82, 2.24) is 24.8 Å². The van der Waals surface area contributed by atoms with Crippen molar-refractivity contribution in [3.05, 3.63) is 28.3 Å². The Hall–Kier alpha value is -2.20. The topological polar surface area (TPSA) is 119 Å². The van der Waals surface area contributed by atoms with Crippen LogP contribution in [0.1, 0.15) is 29.6 Å². The lowest BCUT2D eigenvalue weighted by molar-refractivity contribution is 0.0646. The van der Waals surface area contributed by atoms with Gasteiger partial charge in [-0.1, -0.05) is 0 Å². The molecule has 1 aliphatic heterocycles. The fourth-order valence-corrected chi connectivity index (χ4v) is 4.14. The van der Waals surface area contributed by atoms with E-state index in [-0.39, 0.29) is 17.3 Å². The number of fused-ring (bicyclic) bond motifs is 1. The zero-order chi connectivity index (χ0) is 19.6. The number of sulfone groups is 1. The van der Waals surface area contributed by atoms with Crippen LogP contribution in [0.3, 0.4) is 0 Å². The van der Waals surface area contributed by atoms with Crippen LogP contribution >= 0.6 is 0 Å². The van der Waals surface area contributed by atoms with E-state index in [1.807, 2.05) is 7.05 Å². The van der Waals surface area contributed by atoms with Gasteiger partial charge in [-0.15, -0.1) is 0 Å². The molecule has 0 radical (unpaired) electrons. The molecule has 2 aromatic heterocycles. The summed E-state index contributed by atoms with van der Waals surface area (Å²) >= 11 is 0. The summed E-state index contributed by atoms with van der Waals surface area (Å²) in [5.74, 6) is 0.107. The minimum Gasteiger partial charge on any atom is -0.338 e. The van der Waals surface area contributed by atoms with Gasteiger partial charge in [0, 0.05) is 31.6 Å². The van der Waals surface area contributed by atoms with E-state index >= 15 is 0 Å². The number of aromatic amines is 2. The number of piperidine rings is 1. The second-order valence-electron chi connectivity index (χ2n) is 7.19. The molecule has 9 nitrogen and oxygen atoms in total. The number of aromatic nitrogens is 3. The maximum atomic E-state index is 12.7. The summed E-state index contributed by atoms with van der Waals surface area (Å²) in [5.41, 5.74) is 1.07. The molecule has 1 saturated heterocycles. The normalized spacial score (nSPS) is 16.3. The quantitative estimate of drug-likeness (QED) is 0.722. The molecule has 0 unspecified atom stereocenters. The molecular formula is C17H25N5O4S. The van der Waals surface area contributed by atoms with Gasteiger partial charge in [0.1, 0.15) is 9.84 Å². The monoisotopic (exact) mass is 395 g/mol. The average molecular weight is 395 g/mol. The number of nitrogens with zero attached hydrogens (tertiary/aromatic N) is 3. The Labute approximate surface area is 157 Å². The van der Waals surface area contributed by atoms with Crippen LogP contribution < -0.4 is 5.69 Å². The van der Waals surface area contributed by atoms with Gasteiger partial charge in [-0.25, -0.2) is 18.2 Å². The zero-order valence-electron chi connectivity index (χ0n) is 15.6. The van der Waals surface area contributed by atoms with E-state index in [4.69, 9.17) is 0 Å². The van der Waals surface area contributed by atoms with Crippen LogP contribution in [0, 0.1) is 0 Å². The van der Waals surface area contributed by atoms with Crippen LogP contribution in [-0.4, -0.2) is 83.8 Å². The average Bonchev–Trinajstić information content (AvgIpc) is 2.99. The third-order valence-corrected chi connectivity index (χ3v) is 6.05. The molecule has 0 saturated carbocycles. The summed E-state index contributed by atoms with van der Waals surface area (Å²) in [7, 11) is -0.921. The molecule has 0 bridgehead atoms. The second-order valence-corrected chi connectivity index (χ2v) is 9.45. The highest BCUT2D eigenvalue weighted by Gasteiger charge is 2.26. The predicted octanol–water partition coefficient (Wildman–Crippen LogP) is 0.222. The number of rotatable bonds is 6. The standard InChI is InChI=1S/C17H25N5O4S/c1-21(6-3-9-27(2,25)26)13-4-7-22(8-5-13)16(23)12-10-14-15(18-11-12)20-17(24)19-14/h10-11,13H,3-9H2,1-2H3,(H2,18,19,20,24). The first-order valence-corrected chi connectivity index (χ1v) is 11.0. The summed E-state index contributed by atoms with van der Waals surface area (Å²) < 4.78 is 22.5. The number of hydrogen-bond acceptors (Lipinski definition) is 6. The largest absolute Gasteiger partial charge is 0.338 e. The minimum atomic E-state index is -2.93. The maximum Gasteiger partial charge on any atom is 0.325 e. The number of hydrogen-bond donors (Lipinski definition) is 2. The van der Waals surface area contributed by atoms with Crippen LogP contribution in [0.15, 0.2) is 17.1 Å². The van der Waals surface area contributed by atoms with E-state index in [0.717, 1.165) is 19.4 Å². The third-order valence-electron chi connectivity index (χ3n) is 5.02. The summed E-state index contributed by atoms with van der Waals surface area (Å²) in [6.45, 7) is 2.01. The van der Waals surface area contributed by atoms with E-state index in [9.17, 15) is 18.0 Å². The number of pyridine rings is 1. The van der Waals surface area contributed by atoms with E-state index < -0.39 is 9.84 Å². The van der Waals surface area contributed by atoms with Gasteiger partial charge in [0.15, 0.2) is 5.65 Å². The van der Waals surface area contributed by atoms with Crippen LogP contribution in [-0.2, 0) is 9.84 Å². The van der Waals surface area contributed by atoms with Gasteiger partial charge in [-0.2, -0.15) is 0 Å². The van der Waals surface area contributed by atoms with E-state index in [0.29, 0.717) is 42.3 Å². The van der Waals surface area contributed by atoms with Crippen molar-refractivity contribution in [1.29, 1.82) is 0 Å². The Balaban J connectivity index is 1.54. The van der Waals surface area contributed by atoms with Crippen molar-refractivity contribution in [2.24, 2.45) is 0 Å². The molecule has 3 heterocycles. The number of nitrogens with one attached hydrogen (secondary N) is 2. The molecule has 0 aliphatic carbocycles. The van der Waals surface area contributed by atoms with Crippen molar-refractivity contribution in [3.8, 4) is 0 Å². The SMILES string of the molecule is CN(CCCS(C)(=O)=O)C1CCN(C(=O)c2cnc3[nH]c(=O)[nH]c3c2)CC1. The van der Waals surface area contributed by atoms with E-state index in [2.05, 4.69) is 19.9 Å². The summed E-state index contributed by atoms with van der Waals surface area (Å²) in [5, 5.41) is 0. The van der Waals surface area contributed by atoms with E-state index in [1.165, 1.54) is 12.5 Å². The molecule has 27 heavy (non-hydrogen) atoms. The van der Waals surface area contributed by atoms with Crippen molar-refractivity contribution < 1.29 is 13.2 Å². The first-order valence-electron chi connectivity index (χ1n) is 8.98. The highest BCUT2D eigenvalue weighted by atomic mass is 32.2. The molecule has 1 fully saturated rings. The Morgan fingerprint density at radius 1 is 1.33 bits per heavy atom. The summed E-state index contributed by atoms with van der Waals surface area (Å²) in [6.07, 6.45) is 5.05. The molecular weight excluding hydrogens is 370 g/mol. The lowest BCUT2D eigenvalue weighted by Gasteiger charge is -2.36. The molecule has 1 aliphatic rings. The molecule has 2 N–H and O–H groups in total. The van der Waals surface area contributed by atoms with Crippen LogP contribution in [0.4, 0.5) is 0 Å². The smallest absolute Gasteiger partial charge is 0.325 e. The maximum absolute atomic E-state index is 12.7. The number of imidazole rings is 1. The number of carbonyl (C=O) groups is 1. The molecule has 10 heteroatoms. The fraction of sp³-hybridized carbons (Fsp3) is 0.588. The van der Waals surface area contributed by atoms with Crippen LogP contribution in [0.25, 0.3) is 11.2 Å². The van der Waals surface area contributed by atoms with Gasteiger partial charge in [0.25, 0.3) is 5.91 Å². The molecule has 0 atom stereocenters. The van der Waals surface area contributed by atoms with Crippen LogP contribution in [0.2, 0.25) is 0 Å². The molecule has 0 aromatic carbocycles. The summed E-state index contributed by atoms with van der Waals surface area (Å²) in [4.78, 5) is 37.3. The van der Waals surface area contributed by atoms with Crippen molar-refractivity contribution in [3.63, 3.8) is 0 Å². The van der Waals surface area contributed by atoms with Crippen molar-refractivity contribution in [2.45, 2.75) is 25.3 Å². The minimum absolute atomic E-state index is 0.0929. The highest BCUT2D eigenvalue weighted by molar-refractivity contribution is 7.90. The van der Waals surface area contributed by atoms with Gasteiger partial charge in [0.2, 0.25) is 0 Å². The van der Waals surface area contributed by atoms with Crippen LogP contribution in [0.5, 0.6) is 0 Å². The highest BCUT2D eigenvalue weighted by Crippen LogP contribution is 2.18. The molecule has 3 rings (SSSR count). The molecule has 148 valence electrons. The van der Waals surface area contributed by atoms with E-state index in [1.54, 1.807) is 11.0 Å². The van der Waals surface area contributed by atoms with Crippen molar-refractivity contribution >= 4 is 26.9 Å². The summed E-state index contributed by atoms with van der Waals surface area (Å²) in [6, 6.07) is 1.99. The number of likely N-dealkylation sites (tertiary alicyclic amines) is 1. The molecule has 2 aromatic rings. The number of amides is 1. The Bertz CT molecular complexity index is 973. The zero-order valence-corrected chi connectivity index (χ0v) is 16.4. The van der Waals surface area contributed by atoms with Gasteiger partial charge >= 0.3 is 5.69 Å². The van der Waals surface area contributed by atoms with Gasteiger partial charge in [-0.05, 0) is 38.9 Å². The number of carbonyl (C=O) groups excluding carboxylic acids is 1. The lowest BCUT2D eigenvalue weighted by Crippen LogP contribution is -2.46. The second kappa shape index (κ2) is 7.81. The van der Waals surface area contributed by atoms with Gasteiger partial charge < -0.3 is 14.8 Å². The number of H-pyrrole nitrogens is 2. The first kappa shape index (κ1) is 19.6. The Kier molecular flexibility index (Phi) is 5.66. The van der Waals surface area contributed by atoms with Gasteiger partial charge in [-0.3, -0.25) is 9.78 Å². The third kappa shape index (κ3) is 4.95. The van der Waals surface area contributed by atoms with Crippen molar-refractivity contribution in [2.75, 3.05) is 38.7 Å². The van der Waals surface area contributed by atoms with Gasteiger partial charge in [0.05, 0.1) is 16.8 Å². The molecule has 1 amide bonds. The lowest BCUT2D eigenvalue weighted by atomic mass is 10.0. The predicted molar refractivity (Wildman–Crippen MR) is 103 cm³/mol.